The van der Waals surface area contributed by atoms with E-state index in [1.165, 1.54) is 0 Å². The van der Waals surface area contributed by atoms with Gasteiger partial charge in [-0.2, -0.15) is 5.10 Å². The second kappa shape index (κ2) is 5.97. The molecule has 0 radical (unpaired) electrons. The zero-order valence-corrected chi connectivity index (χ0v) is 9.56. The Labute approximate surface area is 97.9 Å². The number of nitro groups is 2. The van der Waals surface area contributed by atoms with Gasteiger partial charge in [0.25, 0.3) is 0 Å². The van der Waals surface area contributed by atoms with E-state index >= 15 is 0 Å². The number of rotatable bonds is 7. The van der Waals surface area contributed by atoms with Crippen molar-refractivity contribution in [1.29, 1.82) is 0 Å². The van der Waals surface area contributed by atoms with E-state index in [0.29, 0.717) is 11.6 Å². The van der Waals surface area contributed by atoms with Crippen LogP contribution in [0.25, 0.3) is 0 Å². The molecule has 9 nitrogen and oxygen atoms in total. The third-order valence-corrected chi connectivity index (χ3v) is 2.44. The molecule has 0 saturated carbocycles. The molecule has 1 aliphatic heterocycles. The molecule has 17 heavy (non-hydrogen) atoms. The Hall–Kier alpha value is -1.93. The fourth-order valence-electron chi connectivity index (χ4n) is 1.58. The maximum absolute atomic E-state index is 10.8. The molecule has 1 heterocycles. The molecule has 1 unspecified atom stereocenters. The Balaban J connectivity index is 2.52. The van der Waals surface area contributed by atoms with E-state index in [9.17, 15) is 20.2 Å². The van der Waals surface area contributed by atoms with Gasteiger partial charge in [-0.25, -0.2) is 15.1 Å². The quantitative estimate of drug-likeness (QED) is 0.374. The Bertz CT molecular complexity index is 321. The van der Waals surface area contributed by atoms with Crippen molar-refractivity contribution in [1.82, 2.24) is 10.0 Å². The van der Waals surface area contributed by atoms with Gasteiger partial charge < -0.3 is 0 Å². The van der Waals surface area contributed by atoms with Crippen LogP contribution >= 0.6 is 0 Å². The summed E-state index contributed by atoms with van der Waals surface area (Å²) in [6.45, 7) is 2.41. The van der Waals surface area contributed by atoms with Crippen LogP contribution in [0.4, 0.5) is 0 Å². The van der Waals surface area contributed by atoms with Crippen molar-refractivity contribution in [2.24, 2.45) is 5.10 Å². The van der Waals surface area contributed by atoms with Crippen LogP contribution in [0.1, 0.15) is 32.6 Å². The number of unbranched alkanes of at least 4 members (excludes halogenated alkanes) is 3. The molecule has 0 aromatic carbocycles. The molecule has 0 N–H and O–H groups in total. The minimum atomic E-state index is -1.52. The van der Waals surface area contributed by atoms with Gasteiger partial charge in [-0.3, -0.25) is 10.1 Å². The summed E-state index contributed by atoms with van der Waals surface area (Å²) >= 11 is 0. The first-order chi connectivity index (χ1) is 8.07. The van der Waals surface area contributed by atoms with Crippen molar-refractivity contribution in [2.45, 2.75) is 38.9 Å². The lowest BCUT2D eigenvalue weighted by Gasteiger charge is -2.17. The van der Waals surface area contributed by atoms with Crippen LogP contribution in [0.5, 0.6) is 0 Å². The monoisotopic (exact) mass is 245 g/mol. The average Bonchev–Trinajstić information content (AvgIpc) is 2.68. The van der Waals surface area contributed by atoms with E-state index in [1.807, 2.05) is 0 Å². The highest BCUT2D eigenvalue weighted by Gasteiger charge is 2.45. The molecule has 0 amide bonds. The second-order valence-corrected chi connectivity index (χ2v) is 3.70. The zero-order chi connectivity index (χ0) is 12.8. The van der Waals surface area contributed by atoms with Crippen molar-refractivity contribution in [3.63, 3.8) is 0 Å². The highest BCUT2D eigenvalue weighted by atomic mass is 16.7. The summed E-state index contributed by atoms with van der Waals surface area (Å²) in [5.41, 5.74) is 0. The molecular weight excluding hydrogens is 230 g/mol. The van der Waals surface area contributed by atoms with E-state index < -0.39 is 16.2 Å². The standard InChI is InChI=1S/C8H15N5O4/c1-2-3-4-5-6-10-8(12(14)15)11(7-9-10)13(16)17/h7-8H,2-6H2,1H3. The van der Waals surface area contributed by atoms with Gasteiger partial charge in [0, 0.05) is 11.6 Å². The Kier molecular flexibility index (Phi) is 4.61. The maximum atomic E-state index is 10.8. The van der Waals surface area contributed by atoms with Crippen molar-refractivity contribution >= 4 is 6.34 Å². The predicted molar refractivity (Wildman–Crippen MR) is 59.0 cm³/mol. The molecule has 0 aliphatic carbocycles. The van der Waals surface area contributed by atoms with Crippen LogP contribution in [0.15, 0.2) is 5.10 Å². The molecule has 0 aromatic rings. The Morgan fingerprint density at radius 2 is 2.00 bits per heavy atom. The van der Waals surface area contributed by atoms with Crippen LogP contribution in [0.3, 0.4) is 0 Å². The number of nitrogens with zero attached hydrogens (tertiary/aromatic N) is 5. The fourth-order valence-corrected chi connectivity index (χ4v) is 1.58. The van der Waals surface area contributed by atoms with Crippen LogP contribution in [-0.2, 0) is 0 Å². The minimum Gasteiger partial charge on any atom is -0.260 e. The van der Waals surface area contributed by atoms with Crippen LogP contribution in [0, 0.1) is 20.2 Å². The van der Waals surface area contributed by atoms with Gasteiger partial charge in [0.05, 0.1) is 4.92 Å². The smallest absolute Gasteiger partial charge is 0.260 e. The first kappa shape index (κ1) is 13.1. The predicted octanol–water partition coefficient (Wildman–Crippen LogP) is 0.880. The number of hydrogen-bond donors (Lipinski definition) is 0. The molecule has 1 rings (SSSR count). The number of hydrazine groups is 1. The van der Waals surface area contributed by atoms with Gasteiger partial charge in [-0.1, -0.05) is 26.2 Å². The third-order valence-electron chi connectivity index (χ3n) is 2.44. The van der Waals surface area contributed by atoms with Gasteiger partial charge in [-0.15, -0.1) is 0 Å². The fraction of sp³-hybridized carbons (Fsp3) is 0.875. The first-order valence-electron chi connectivity index (χ1n) is 5.44. The Morgan fingerprint density at radius 1 is 1.29 bits per heavy atom. The van der Waals surface area contributed by atoms with E-state index in [4.69, 9.17) is 0 Å². The summed E-state index contributed by atoms with van der Waals surface area (Å²) in [6.07, 6.45) is 3.13. The van der Waals surface area contributed by atoms with Gasteiger partial charge >= 0.3 is 6.29 Å². The van der Waals surface area contributed by atoms with Crippen molar-refractivity contribution in [3.05, 3.63) is 20.2 Å². The number of hydrazone groups is 1. The lowest BCUT2D eigenvalue weighted by molar-refractivity contribution is -0.718. The second-order valence-electron chi connectivity index (χ2n) is 3.70. The largest absolute Gasteiger partial charge is 0.437 e. The average molecular weight is 245 g/mol. The van der Waals surface area contributed by atoms with Gasteiger partial charge in [0.1, 0.15) is 0 Å². The minimum absolute atomic E-state index is 0.354. The van der Waals surface area contributed by atoms with Gasteiger partial charge in [0.2, 0.25) is 0 Å². The molecule has 1 atom stereocenters. The third kappa shape index (κ3) is 3.26. The van der Waals surface area contributed by atoms with Gasteiger partial charge in [0.15, 0.2) is 11.4 Å². The van der Waals surface area contributed by atoms with E-state index in [2.05, 4.69) is 12.0 Å². The number of hydrogen-bond acceptors (Lipinski definition) is 6. The Morgan fingerprint density at radius 3 is 2.53 bits per heavy atom. The molecule has 9 heteroatoms. The summed E-state index contributed by atoms with van der Waals surface area (Å²) in [4.78, 5) is 20.6. The van der Waals surface area contributed by atoms with Crippen LogP contribution in [-0.4, -0.2) is 39.1 Å². The summed E-state index contributed by atoms with van der Waals surface area (Å²) in [6, 6.07) is 0. The topological polar surface area (TPSA) is 105 Å². The highest BCUT2D eigenvalue weighted by Crippen LogP contribution is 2.14. The highest BCUT2D eigenvalue weighted by molar-refractivity contribution is 5.54. The molecule has 0 fully saturated rings. The van der Waals surface area contributed by atoms with E-state index in [1.54, 1.807) is 0 Å². The first-order valence-corrected chi connectivity index (χ1v) is 5.44. The van der Waals surface area contributed by atoms with Crippen LogP contribution < -0.4 is 0 Å². The van der Waals surface area contributed by atoms with E-state index in [0.717, 1.165) is 37.0 Å². The molecule has 1 aliphatic rings. The van der Waals surface area contributed by atoms with Crippen molar-refractivity contribution in [2.75, 3.05) is 6.54 Å². The molecule has 0 aromatic heterocycles. The summed E-state index contributed by atoms with van der Waals surface area (Å²) < 4.78 is 0. The summed E-state index contributed by atoms with van der Waals surface area (Å²) in [7, 11) is 0. The van der Waals surface area contributed by atoms with Crippen LogP contribution in [0.2, 0.25) is 0 Å². The molecule has 0 bridgehead atoms. The van der Waals surface area contributed by atoms with E-state index in [-0.39, 0.29) is 0 Å². The van der Waals surface area contributed by atoms with Crippen molar-refractivity contribution in [3.8, 4) is 0 Å². The maximum Gasteiger partial charge on any atom is 0.437 e. The zero-order valence-electron chi connectivity index (χ0n) is 9.56. The van der Waals surface area contributed by atoms with Crippen molar-refractivity contribution < 1.29 is 9.96 Å². The lowest BCUT2D eigenvalue weighted by Crippen LogP contribution is -2.48. The lowest BCUT2D eigenvalue weighted by atomic mass is 10.2. The van der Waals surface area contributed by atoms with Gasteiger partial charge in [-0.05, 0) is 6.42 Å². The molecule has 0 saturated heterocycles. The SMILES string of the molecule is CCCCCCN1N=CN([N+](=O)[O-])C1[N+](=O)[O-]. The molecule has 0 spiro atoms. The summed E-state index contributed by atoms with van der Waals surface area (Å²) in [5, 5.41) is 25.7. The summed E-state index contributed by atoms with van der Waals surface area (Å²) in [5.74, 6) is 0. The molecule has 96 valence electrons. The molecular formula is C8H15N5O4. The normalized spacial score (nSPS) is 18.8.